The number of nitrogens with zero attached hydrogens (tertiary/aromatic N) is 2. The van der Waals surface area contributed by atoms with Crippen LogP contribution in [-0.4, -0.2) is 56.1 Å². The monoisotopic (exact) mass is 156 g/mol. The first-order valence-corrected chi connectivity index (χ1v) is 4.24. The van der Waals surface area contributed by atoms with E-state index < -0.39 is 0 Å². The number of piperazine rings is 1. The van der Waals surface area contributed by atoms with Crippen molar-refractivity contribution < 1.29 is 0 Å². The van der Waals surface area contributed by atoms with Crippen LogP contribution in [0.15, 0.2) is 0 Å². The Balaban J connectivity index is 2.07. The highest BCUT2D eigenvalue weighted by atomic mass is 15.2. The van der Waals surface area contributed by atoms with Crippen LogP contribution in [0, 0.1) is 7.05 Å². The van der Waals surface area contributed by atoms with Crippen LogP contribution in [0.4, 0.5) is 0 Å². The van der Waals surface area contributed by atoms with Crippen LogP contribution in [0.5, 0.6) is 0 Å². The summed E-state index contributed by atoms with van der Waals surface area (Å²) in [5.74, 6) is 0. The molecule has 0 aromatic rings. The Morgan fingerprint density at radius 1 is 1.27 bits per heavy atom. The fourth-order valence-corrected chi connectivity index (χ4v) is 1.31. The van der Waals surface area contributed by atoms with Crippen LogP contribution < -0.4 is 5.32 Å². The lowest BCUT2D eigenvalue weighted by Gasteiger charge is -2.32. The Morgan fingerprint density at radius 2 is 1.91 bits per heavy atom. The molecular weight excluding hydrogens is 138 g/mol. The summed E-state index contributed by atoms with van der Waals surface area (Å²) in [5.41, 5.74) is 0. The van der Waals surface area contributed by atoms with Crippen molar-refractivity contribution in [1.82, 2.24) is 15.1 Å². The van der Waals surface area contributed by atoms with Crippen molar-refractivity contribution in [1.29, 1.82) is 0 Å². The van der Waals surface area contributed by atoms with Gasteiger partial charge in [0.05, 0.1) is 0 Å². The number of hydrogen-bond donors (Lipinski definition) is 1. The second-order valence-corrected chi connectivity index (χ2v) is 3.14. The Bertz CT molecular complexity index is 94.8. The summed E-state index contributed by atoms with van der Waals surface area (Å²) < 4.78 is 0. The molecule has 1 fully saturated rings. The highest BCUT2D eigenvalue weighted by molar-refractivity contribution is 4.69. The maximum atomic E-state index is 3.60. The minimum atomic E-state index is 1.00. The molecule has 65 valence electrons. The smallest absolute Gasteiger partial charge is 0.0110 e. The first-order valence-electron chi connectivity index (χ1n) is 4.24. The van der Waals surface area contributed by atoms with Gasteiger partial charge >= 0.3 is 0 Å². The summed E-state index contributed by atoms with van der Waals surface area (Å²) in [6.45, 7) is 6.96. The third kappa shape index (κ3) is 3.18. The summed E-state index contributed by atoms with van der Waals surface area (Å²) >= 11 is 0. The lowest BCUT2D eigenvalue weighted by molar-refractivity contribution is 0.156. The number of nitrogens with one attached hydrogen (secondary N) is 1. The number of likely N-dealkylation sites (N-methyl/N-ethyl adjacent to an activating group) is 1. The molecule has 0 aromatic heterocycles. The zero-order valence-electron chi connectivity index (χ0n) is 7.34. The van der Waals surface area contributed by atoms with E-state index in [-0.39, 0.29) is 0 Å². The van der Waals surface area contributed by atoms with Gasteiger partial charge in [0.1, 0.15) is 0 Å². The van der Waals surface area contributed by atoms with Crippen molar-refractivity contribution in [3.8, 4) is 0 Å². The predicted molar refractivity (Wildman–Crippen MR) is 47.3 cm³/mol. The van der Waals surface area contributed by atoms with Gasteiger partial charge in [0.15, 0.2) is 0 Å². The third-order valence-corrected chi connectivity index (χ3v) is 2.20. The minimum absolute atomic E-state index is 1.00. The molecule has 1 heterocycles. The van der Waals surface area contributed by atoms with Crippen molar-refractivity contribution >= 4 is 0 Å². The quantitative estimate of drug-likeness (QED) is 0.600. The van der Waals surface area contributed by atoms with E-state index in [0.29, 0.717) is 0 Å². The van der Waals surface area contributed by atoms with Crippen LogP contribution in [0.25, 0.3) is 0 Å². The molecule has 3 nitrogen and oxygen atoms in total. The number of hydrogen-bond acceptors (Lipinski definition) is 3. The van der Waals surface area contributed by atoms with Crippen molar-refractivity contribution in [2.24, 2.45) is 0 Å². The summed E-state index contributed by atoms with van der Waals surface area (Å²) in [6.07, 6.45) is 0. The summed E-state index contributed by atoms with van der Waals surface area (Å²) in [6, 6.07) is 0. The molecule has 1 radical (unpaired) electrons. The zero-order chi connectivity index (χ0) is 8.10. The second kappa shape index (κ2) is 4.70. The molecule has 0 amide bonds. The van der Waals surface area contributed by atoms with Crippen LogP contribution >= 0.6 is 0 Å². The van der Waals surface area contributed by atoms with E-state index in [2.05, 4.69) is 29.2 Å². The predicted octanol–water partition coefficient (Wildman–Crippen LogP) is -0.385. The van der Waals surface area contributed by atoms with E-state index in [9.17, 15) is 0 Å². The lowest BCUT2D eigenvalue weighted by Crippen LogP contribution is -2.46. The Kier molecular flexibility index (Phi) is 3.83. The van der Waals surface area contributed by atoms with E-state index in [0.717, 1.165) is 13.1 Å². The number of rotatable bonds is 3. The third-order valence-electron chi connectivity index (χ3n) is 2.20. The molecule has 0 bridgehead atoms. The van der Waals surface area contributed by atoms with E-state index in [1.807, 2.05) is 0 Å². The molecule has 0 saturated carbocycles. The maximum absolute atomic E-state index is 3.60. The molecule has 11 heavy (non-hydrogen) atoms. The zero-order valence-corrected chi connectivity index (χ0v) is 7.34. The van der Waals surface area contributed by atoms with Gasteiger partial charge in [0.2, 0.25) is 0 Å². The van der Waals surface area contributed by atoms with Gasteiger partial charge in [-0.2, -0.15) is 0 Å². The standard InChI is InChI=1S/C8H18N3/c1-9-3-4-11-7-5-10(2)6-8-11/h9H,1,3-8H2,2H3. The van der Waals surface area contributed by atoms with Crippen LogP contribution in [0.1, 0.15) is 0 Å². The second-order valence-electron chi connectivity index (χ2n) is 3.14. The lowest BCUT2D eigenvalue weighted by atomic mass is 10.3. The van der Waals surface area contributed by atoms with Crippen molar-refractivity contribution in [2.45, 2.75) is 0 Å². The van der Waals surface area contributed by atoms with Crippen molar-refractivity contribution in [2.75, 3.05) is 46.3 Å². The molecular formula is C8H18N3. The van der Waals surface area contributed by atoms with Gasteiger partial charge < -0.3 is 10.2 Å². The molecule has 1 aliphatic rings. The fourth-order valence-electron chi connectivity index (χ4n) is 1.31. The first-order chi connectivity index (χ1) is 5.33. The van der Waals surface area contributed by atoms with Gasteiger partial charge in [-0.25, -0.2) is 0 Å². The van der Waals surface area contributed by atoms with Gasteiger partial charge in [-0.05, 0) is 7.05 Å². The highest BCUT2D eigenvalue weighted by Crippen LogP contribution is 1.96. The van der Waals surface area contributed by atoms with Gasteiger partial charge in [0.25, 0.3) is 0 Å². The molecule has 1 aliphatic heterocycles. The van der Waals surface area contributed by atoms with E-state index in [4.69, 9.17) is 0 Å². The first kappa shape index (κ1) is 8.97. The molecule has 3 heteroatoms. The normalized spacial score (nSPS) is 22.4. The molecule has 0 aliphatic carbocycles. The molecule has 0 spiro atoms. The summed E-state index contributed by atoms with van der Waals surface area (Å²) in [7, 11) is 5.78. The topological polar surface area (TPSA) is 18.5 Å². The van der Waals surface area contributed by atoms with E-state index >= 15 is 0 Å². The van der Waals surface area contributed by atoms with Crippen LogP contribution in [0.3, 0.4) is 0 Å². The van der Waals surface area contributed by atoms with Gasteiger partial charge in [-0.15, -0.1) is 0 Å². The Morgan fingerprint density at radius 3 is 2.45 bits per heavy atom. The fraction of sp³-hybridized carbons (Fsp3) is 0.875. The van der Waals surface area contributed by atoms with Crippen LogP contribution in [0.2, 0.25) is 0 Å². The molecule has 0 atom stereocenters. The van der Waals surface area contributed by atoms with E-state index in [1.165, 1.54) is 26.2 Å². The summed E-state index contributed by atoms with van der Waals surface area (Å²) in [5, 5.41) is 2.92. The average molecular weight is 156 g/mol. The van der Waals surface area contributed by atoms with E-state index in [1.54, 1.807) is 0 Å². The molecule has 0 unspecified atom stereocenters. The SMILES string of the molecule is [CH2]NCCN1CCN(C)CC1. The molecule has 0 aromatic carbocycles. The van der Waals surface area contributed by atoms with Crippen molar-refractivity contribution in [3.63, 3.8) is 0 Å². The highest BCUT2D eigenvalue weighted by Gasteiger charge is 2.11. The molecule has 1 saturated heterocycles. The van der Waals surface area contributed by atoms with Gasteiger partial charge in [0, 0.05) is 46.3 Å². The average Bonchev–Trinajstić information content (AvgIpc) is 2.04. The maximum Gasteiger partial charge on any atom is 0.0110 e. The summed E-state index contributed by atoms with van der Waals surface area (Å²) in [4.78, 5) is 4.84. The van der Waals surface area contributed by atoms with Crippen molar-refractivity contribution in [3.05, 3.63) is 7.05 Å². The molecule has 1 N–H and O–H groups in total. The Labute approximate surface area is 69.4 Å². The Hall–Kier alpha value is -0.120. The van der Waals surface area contributed by atoms with Crippen LogP contribution in [-0.2, 0) is 0 Å². The largest absolute Gasteiger partial charge is 0.314 e. The molecule has 1 rings (SSSR count). The minimum Gasteiger partial charge on any atom is -0.314 e. The van der Waals surface area contributed by atoms with Gasteiger partial charge in [-0.3, -0.25) is 4.90 Å². The van der Waals surface area contributed by atoms with Gasteiger partial charge in [-0.1, -0.05) is 0 Å².